The van der Waals surface area contributed by atoms with Crippen LogP contribution < -0.4 is 5.32 Å². The van der Waals surface area contributed by atoms with E-state index in [0.717, 1.165) is 4.88 Å². The molecule has 1 N–H and O–H groups in total. The van der Waals surface area contributed by atoms with Gasteiger partial charge >= 0.3 is 0 Å². The van der Waals surface area contributed by atoms with Gasteiger partial charge in [-0.2, -0.15) is 0 Å². The molecule has 24 heavy (non-hydrogen) atoms. The van der Waals surface area contributed by atoms with E-state index in [9.17, 15) is 14.0 Å². The lowest BCUT2D eigenvalue weighted by Crippen LogP contribution is -2.51. The fourth-order valence-electron chi connectivity index (χ4n) is 2.61. The topological polar surface area (TPSA) is 71.5 Å². The third-order valence-electron chi connectivity index (χ3n) is 3.78. The molecule has 0 bridgehead atoms. The monoisotopic (exact) mass is 349 g/mol. The van der Waals surface area contributed by atoms with E-state index >= 15 is 0 Å². The van der Waals surface area contributed by atoms with Crippen molar-refractivity contribution in [2.75, 3.05) is 19.0 Å². The molecule has 3 rings (SSSR count). The molecule has 126 valence electrons. The minimum Gasteiger partial charge on any atom is -0.356 e. The zero-order valence-electron chi connectivity index (χ0n) is 13.2. The number of halogens is 1. The van der Waals surface area contributed by atoms with E-state index in [0.29, 0.717) is 10.7 Å². The fraction of sp³-hybridized carbons (Fsp3) is 0.312. The second-order valence-corrected chi connectivity index (χ2v) is 6.74. The molecule has 0 unspecified atom stereocenters. The number of ether oxygens (including phenoxy) is 1. The van der Waals surface area contributed by atoms with Crippen LogP contribution in [0.3, 0.4) is 0 Å². The van der Waals surface area contributed by atoms with E-state index < -0.39 is 23.9 Å². The second kappa shape index (κ2) is 6.66. The minimum atomic E-state index is -0.946. The Labute approximate surface area is 142 Å². The molecule has 0 spiro atoms. The standard InChI is InChI=1S/C16H16FN3O3S/c1-9-7-18-16(24-9)19-15(22)14-13(20(2)12(21)8-23-14)10-4-3-5-11(17)6-10/h3-7,13-14H,8H2,1-2H3,(H,18,19,22)/t13-,14-/m0/s1. The lowest BCUT2D eigenvalue weighted by molar-refractivity contribution is -0.160. The number of morpholine rings is 1. The number of nitrogens with one attached hydrogen (secondary N) is 1. The number of anilines is 1. The van der Waals surface area contributed by atoms with Gasteiger partial charge in [-0.1, -0.05) is 12.1 Å². The Bertz CT molecular complexity index is 779. The Hall–Kier alpha value is -2.32. The number of carbonyl (C=O) groups excluding carboxylic acids is 2. The van der Waals surface area contributed by atoms with Gasteiger partial charge in [0, 0.05) is 18.1 Å². The maximum Gasteiger partial charge on any atom is 0.257 e. The number of nitrogens with zero attached hydrogens (tertiary/aromatic N) is 2. The summed E-state index contributed by atoms with van der Waals surface area (Å²) >= 11 is 1.34. The van der Waals surface area contributed by atoms with Gasteiger partial charge in [0.2, 0.25) is 5.91 Å². The van der Waals surface area contributed by atoms with Crippen molar-refractivity contribution < 1.29 is 18.7 Å². The number of carbonyl (C=O) groups is 2. The highest BCUT2D eigenvalue weighted by atomic mass is 32.1. The van der Waals surface area contributed by atoms with Gasteiger partial charge in [0.15, 0.2) is 11.2 Å². The van der Waals surface area contributed by atoms with E-state index in [2.05, 4.69) is 10.3 Å². The summed E-state index contributed by atoms with van der Waals surface area (Å²) in [4.78, 5) is 31.0. The molecule has 1 saturated heterocycles. The van der Waals surface area contributed by atoms with Crippen LogP contribution in [0.1, 0.15) is 16.5 Å². The first-order valence-electron chi connectivity index (χ1n) is 7.31. The van der Waals surface area contributed by atoms with Crippen LogP contribution in [0.15, 0.2) is 30.5 Å². The van der Waals surface area contributed by atoms with Crippen LogP contribution in [0.5, 0.6) is 0 Å². The van der Waals surface area contributed by atoms with Gasteiger partial charge < -0.3 is 9.64 Å². The summed E-state index contributed by atoms with van der Waals surface area (Å²) in [6.45, 7) is 1.68. The lowest BCUT2D eigenvalue weighted by atomic mass is 9.97. The van der Waals surface area contributed by atoms with Gasteiger partial charge in [-0.15, -0.1) is 11.3 Å². The molecular weight excluding hydrogens is 333 g/mol. The number of aromatic nitrogens is 1. The number of likely N-dealkylation sites (N-methyl/N-ethyl adjacent to an activating group) is 1. The molecule has 2 amide bonds. The molecule has 1 aliphatic rings. The molecule has 1 aromatic carbocycles. The number of rotatable bonds is 3. The average molecular weight is 349 g/mol. The van der Waals surface area contributed by atoms with Crippen molar-refractivity contribution in [1.82, 2.24) is 9.88 Å². The predicted molar refractivity (Wildman–Crippen MR) is 87.1 cm³/mol. The van der Waals surface area contributed by atoms with Gasteiger partial charge in [-0.05, 0) is 24.6 Å². The molecule has 2 atom stereocenters. The first-order valence-corrected chi connectivity index (χ1v) is 8.13. The smallest absolute Gasteiger partial charge is 0.257 e. The van der Waals surface area contributed by atoms with Gasteiger partial charge in [0.05, 0.1) is 6.04 Å². The number of benzene rings is 1. The lowest BCUT2D eigenvalue weighted by Gasteiger charge is -2.38. The molecular formula is C16H16FN3O3S. The number of amides is 2. The van der Waals surface area contributed by atoms with Crippen LogP contribution in [0.2, 0.25) is 0 Å². The van der Waals surface area contributed by atoms with Crippen LogP contribution >= 0.6 is 11.3 Å². The molecule has 2 heterocycles. The molecule has 1 aliphatic heterocycles. The normalized spacial score (nSPS) is 21.0. The number of hydrogen-bond donors (Lipinski definition) is 1. The Balaban J connectivity index is 1.88. The molecule has 1 fully saturated rings. The summed E-state index contributed by atoms with van der Waals surface area (Å²) in [5, 5.41) is 3.15. The maximum atomic E-state index is 13.6. The largest absolute Gasteiger partial charge is 0.356 e. The summed E-state index contributed by atoms with van der Waals surface area (Å²) in [6.07, 6.45) is 0.709. The molecule has 1 aromatic heterocycles. The van der Waals surface area contributed by atoms with Gasteiger partial charge in [0.1, 0.15) is 12.4 Å². The summed E-state index contributed by atoms with van der Waals surface area (Å²) < 4.78 is 19.0. The Morgan fingerprint density at radius 3 is 2.96 bits per heavy atom. The van der Waals surface area contributed by atoms with Crippen molar-refractivity contribution in [3.8, 4) is 0 Å². The summed E-state index contributed by atoms with van der Waals surface area (Å²) in [5.41, 5.74) is 0.501. The van der Waals surface area contributed by atoms with E-state index in [1.807, 2.05) is 6.92 Å². The number of hydrogen-bond acceptors (Lipinski definition) is 5. The van der Waals surface area contributed by atoms with Gasteiger partial charge in [-0.25, -0.2) is 9.37 Å². The highest BCUT2D eigenvalue weighted by Gasteiger charge is 2.40. The number of aryl methyl sites for hydroxylation is 1. The predicted octanol–water partition coefficient (Wildman–Crippen LogP) is 2.13. The van der Waals surface area contributed by atoms with Crippen LogP contribution in [0.4, 0.5) is 9.52 Å². The Morgan fingerprint density at radius 2 is 2.29 bits per heavy atom. The van der Waals surface area contributed by atoms with Crippen LogP contribution in [-0.4, -0.2) is 41.5 Å². The van der Waals surface area contributed by atoms with Gasteiger partial charge in [-0.3, -0.25) is 14.9 Å². The SMILES string of the molecule is Cc1cnc(NC(=O)[C@H]2OCC(=O)N(C)[C@H]2c2cccc(F)c2)s1. The first-order chi connectivity index (χ1) is 11.5. The average Bonchev–Trinajstić information content (AvgIpc) is 2.94. The van der Waals surface area contributed by atoms with Crippen LogP contribution in [-0.2, 0) is 14.3 Å². The van der Waals surface area contributed by atoms with Crippen molar-refractivity contribution in [3.63, 3.8) is 0 Å². The van der Waals surface area contributed by atoms with Crippen molar-refractivity contribution in [2.45, 2.75) is 19.1 Å². The zero-order chi connectivity index (χ0) is 17.3. The fourth-order valence-corrected chi connectivity index (χ4v) is 3.28. The second-order valence-electron chi connectivity index (χ2n) is 5.50. The van der Waals surface area contributed by atoms with Gasteiger partial charge in [0.25, 0.3) is 5.91 Å². The van der Waals surface area contributed by atoms with E-state index in [1.54, 1.807) is 19.3 Å². The van der Waals surface area contributed by atoms with Crippen molar-refractivity contribution in [1.29, 1.82) is 0 Å². The van der Waals surface area contributed by atoms with Crippen molar-refractivity contribution in [3.05, 3.63) is 46.7 Å². The summed E-state index contributed by atoms with van der Waals surface area (Å²) in [5.74, 6) is -1.12. The summed E-state index contributed by atoms with van der Waals surface area (Å²) in [7, 11) is 1.58. The third kappa shape index (κ3) is 3.29. The van der Waals surface area contributed by atoms with Crippen molar-refractivity contribution >= 4 is 28.3 Å². The van der Waals surface area contributed by atoms with E-state index in [-0.39, 0.29) is 12.5 Å². The van der Waals surface area contributed by atoms with E-state index in [1.165, 1.54) is 34.4 Å². The quantitative estimate of drug-likeness (QED) is 0.921. The molecule has 0 aliphatic carbocycles. The first kappa shape index (κ1) is 16.5. The van der Waals surface area contributed by atoms with Crippen LogP contribution in [0.25, 0.3) is 0 Å². The third-order valence-corrected chi connectivity index (χ3v) is 4.61. The van der Waals surface area contributed by atoms with Crippen molar-refractivity contribution in [2.24, 2.45) is 0 Å². The highest BCUT2D eigenvalue weighted by molar-refractivity contribution is 7.15. The Kier molecular flexibility index (Phi) is 4.59. The summed E-state index contributed by atoms with van der Waals surface area (Å²) in [6, 6.07) is 5.11. The number of thiazole rings is 1. The molecule has 8 heteroatoms. The highest BCUT2D eigenvalue weighted by Crippen LogP contribution is 2.30. The molecule has 0 saturated carbocycles. The Morgan fingerprint density at radius 1 is 1.50 bits per heavy atom. The maximum absolute atomic E-state index is 13.6. The molecule has 2 aromatic rings. The molecule has 0 radical (unpaired) electrons. The molecule has 6 nitrogen and oxygen atoms in total. The van der Waals surface area contributed by atoms with E-state index in [4.69, 9.17) is 4.74 Å². The van der Waals surface area contributed by atoms with Crippen LogP contribution in [0, 0.1) is 12.7 Å². The zero-order valence-corrected chi connectivity index (χ0v) is 14.0. The minimum absolute atomic E-state index is 0.197.